The lowest BCUT2D eigenvalue weighted by atomic mass is 9.78. The Kier molecular flexibility index (Phi) is 10.5. The third-order valence-corrected chi connectivity index (χ3v) is 20.9. The van der Waals surface area contributed by atoms with E-state index in [1.54, 1.807) is 0 Å². The summed E-state index contributed by atoms with van der Waals surface area (Å²) in [4.78, 5) is 0. The molecule has 4 nitrogen and oxygen atoms in total. The lowest BCUT2D eigenvalue weighted by molar-refractivity contribution is 0.00578. The van der Waals surface area contributed by atoms with E-state index in [-0.39, 0.29) is 18.3 Å². The van der Waals surface area contributed by atoms with Crippen molar-refractivity contribution in [2.24, 2.45) is 0 Å². The Bertz CT molecular complexity index is 5630. The molecule has 1 fully saturated rings. The first-order chi connectivity index (χ1) is 40.1. The second kappa shape index (κ2) is 17.8. The second-order valence-electron chi connectivity index (χ2n) is 23.0. The van der Waals surface area contributed by atoms with E-state index in [4.69, 9.17) is 9.31 Å². The SMILES string of the molecule is Brc1ccc2c(c1)c1cccc3c4ccccc4n2c31.CC1(C)OB(c2cccc3c2sc2ccc4ccccc4c23)OC1(C)C.c1ccc2c(c1)ccc1sc3c(-c4ccc5c(c4)c4cccc6c7ccccc7n5c64)cccc3c12. The number of para-hydroxylation sites is 4. The van der Waals surface area contributed by atoms with E-state index in [1.807, 2.05) is 22.7 Å². The summed E-state index contributed by atoms with van der Waals surface area (Å²) in [6, 6.07) is 83.9. The number of halogens is 1. The molecule has 0 spiro atoms. The highest BCUT2D eigenvalue weighted by Gasteiger charge is 2.52. The molecule has 0 bridgehead atoms. The molecule has 0 saturated carbocycles. The minimum Gasteiger partial charge on any atom is -0.399 e. The largest absolute Gasteiger partial charge is 0.496 e. The number of aromatic nitrogens is 2. The fraction of sp³-hybridized carbons (Fsp3) is 0.0811. The van der Waals surface area contributed by atoms with E-state index in [2.05, 4.69) is 283 Å². The van der Waals surface area contributed by atoms with Crippen molar-refractivity contribution in [3.63, 3.8) is 0 Å². The summed E-state index contributed by atoms with van der Waals surface area (Å²) in [6.07, 6.45) is 0. The molecule has 1 saturated heterocycles. The molecule has 390 valence electrons. The van der Waals surface area contributed by atoms with Crippen LogP contribution in [0.4, 0.5) is 0 Å². The standard InChI is InChI=1S/C34H19NS.C22H21BO2S.C18H10BrN/c1-2-8-22-20(7-1)16-18-31-32(22)27-13-5-10-23(34(27)36-31)21-15-17-30-28(19-21)26-12-6-11-25-24-9-3-4-14-29(24)35(30)33(25)26;1-21(2)22(3,4)25-23(24-21)17-11-7-10-16-19-15-9-6-5-8-14(15)12-13-18(19)26-20(16)17;19-11-8-9-17-15(10-11)14-6-3-5-13-12-4-1-2-7-16(12)20(17)18(13)14/h1-19H;5-13H,1-4H3;1-10H. The molecule has 1 aliphatic heterocycles. The number of nitrogens with zero attached hydrogens (tertiary/aromatic N) is 2. The van der Waals surface area contributed by atoms with E-state index in [1.165, 1.54) is 149 Å². The monoisotopic (exact) mass is 1150 g/mol. The molecular weight excluding hydrogens is 1100 g/mol. The van der Waals surface area contributed by atoms with Crippen molar-refractivity contribution in [1.29, 1.82) is 0 Å². The van der Waals surface area contributed by atoms with E-state index in [9.17, 15) is 0 Å². The van der Waals surface area contributed by atoms with Crippen LogP contribution in [0, 0.1) is 0 Å². The Hall–Kier alpha value is -8.34. The molecule has 6 aromatic heterocycles. The highest BCUT2D eigenvalue weighted by molar-refractivity contribution is 9.10. The van der Waals surface area contributed by atoms with Gasteiger partial charge in [-0.2, -0.15) is 0 Å². The predicted octanol–water partition coefficient (Wildman–Crippen LogP) is 21.1. The van der Waals surface area contributed by atoms with Crippen LogP contribution in [0.2, 0.25) is 0 Å². The molecule has 0 amide bonds. The van der Waals surface area contributed by atoms with E-state index in [0.29, 0.717) is 0 Å². The molecule has 19 rings (SSSR count). The van der Waals surface area contributed by atoms with Crippen molar-refractivity contribution < 1.29 is 9.31 Å². The van der Waals surface area contributed by atoms with E-state index >= 15 is 0 Å². The van der Waals surface area contributed by atoms with Crippen molar-refractivity contribution in [2.75, 3.05) is 0 Å². The summed E-state index contributed by atoms with van der Waals surface area (Å²) >= 11 is 7.33. The fourth-order valence-corrected chi connectivity index (χ4v) is 16.4. The number of benzene rings is 12. The fourth-order valence-electron chi connectivity index (χ4n) is 13.5. The summed E-state index contributed by atoms with van der Waals surface area (Å²) in [5, 5.41) is 21.2. The molecule has 12 aromatic carbocycles. The van der Waals surface area contributed by atoms with Gasteiger partial charge in [0.1, 0.15) is 0 Å². The van der Waals surface area contributed by atoms with Crippen LogP contribution in [0.1, 0.15) is 27.7 Å². The van der Waals surface area contributed by atoms with Crippen molar-refractivity contribution >= 4 is 189 Å². The van der Waals surface area contributed by atoms with Crippen LogP contribution in [-0.2, 0) is 9.31 Å². The molecule has 18 aromatic rings. The topological polar surface area (TPSA) is 27.3 Å². The third-order valence-electron chi connectivity index (χ3n) is 18.0. The Morgan fingerprint density at radius 1 is 0.366 bits per heavy atom. The summed E-state index contributed by atoms with van der Waals surface area (Å²) < 4.78 is 23.9. The number of fused-ring (bicyclic) bond motifs is 22. The molecule has 0 aliphatic carbocycles. The maximum absolute atomic E-state index is 6.33. The van der Waals surface area contributed by atoms with Crippen molar-refractivity contribution in [1.82, 2.24) is 8.80 Å². The average Bonchev–Trinajstić information content (AvgIpc) is 3.16. The number of rotatable bonds is 2. The Morgan fingerprint density at radius 2 is 0.793 bits per heavy atom. The summed E-state index contributed by atoms with van der Waals surface area (Å²) in [5.41, 5.74) is 10.9. The summed E-state index contributed by atoms with van der Waals surface area (Å²) in [6.45, 7) is 8.41. The Balaban J connectivity index is 0.000000102. The van der Waals surface area contributed by atoms with Gasteiger partial charge in [0.25, 0.3) is 0 Å². The smallest absolute Gasteiger partial charge is 0.399 e. The minimum atomic E-state index is -0.331. The van der Waals surface area contributed by atoms with Crippen LogP contribution in [0.5, 0.6) is 0 Å². The van der Waals surface area contributed by atoms with Gasteiger partial charge in [-0.25, -0.2) is 0 Å². The van der Waals surface area contributed by atoms with Gasteiger partial charge in [0.15, 0.2) is 0 Å². The van der Waals surface area contributed by atoms with Crippen LogP contribution in [-0.4, -0.2) is 27.1 Å². The molecule has 0 atom stereocenters. The number of hydrogen-bond acceptors (Lipinski definition) is 4. The van der Waals surface area contributed by atoms with E-state index < -0.39 is 0 Å². The first-order valence-corrected chi connectivity index (χ1v) is 30.5. The Morgan fingerprint density at radius 3 is 1.38 bits per heavy atom. The zero-order valence-electron chi connectivity index (χ0n) is 45.4. The predicted molar refractivity (Wildman–Crippen MR) is 358 cm³/mol. The lowest BCUT2D eigenvalue weighted by Crippen LogP contribution is -2.41. The third kappa shape index (κ3) is 6.97. The maximum Gasteiger partial charge on any atom is 0.496 e. The zero-order valence-corrected chi connectivity index (χ0v) is 48.6. The molecule has 0 radical (unpaired) electrons. The average molecular weight is 1150 g/mol. The highest BCUT2D eigenvalue weighted by atomic mass is 79.9. The Labute approximate surface area is 488 Å². The maximum atomic E-state index is 6.33. The van der Waals surface area contributed by atoms with Gasteiger partial charge in [-0.1, -0.05) is 192 Å². The summed E-state index contributed by atoms with van der Waals surface area (Å²) in [5.74, 6) is 0. The van der Waals surface area contributed by atoms with Crippen LogP contribution in [0.15, 0.2) is 235 Å². The summed E-state index contributed by atoms with van der Waals surface area (Å²) in [7, 11) is -0.331. The van der Waals surface area contributed by atoms with Crippen molar-refractivity contribution in [3.8, 4) is 11.1 Å². The van der Waals surface area contributed by atoms with E-state index in [0.717, 1.165) is 9.94 Å². The van der Waals surface area contributed by atoms with Gasteiger partial charge < -0.3 is 18.1 Å². The minimum absolute atomic E-state index is 0.330. The molecular formula is C74H50BBrN2O2S2. The second-order valence-corrected chi connectivity index (χ2v) is 26.0. The number of hydrogen-bond donors (Lipinski definition) is 0. The van der Waals surface area contributed by atoms with Gasteiger partial charge in [-0.05, 0) is 115 Å². The molecule has 7 heterocycles. The first kappa shape index (κ1) is 48.4. The molecule has 0 N–H and O–H groups in total. The molecule has 8 heteroatoms. The molecule has 1 aliphatic rings. The zero-order chi connectivity index (χ0) is 54.8. The van der Waals surface area contributed by atoms with Gasteiger partial charge in [0, 0.05) is 93.4 Å². The molecule has 82 heavy (non-hydrogen) atoms. The van der Waals surface area contributed by atoms with Crippen LogP contribution in [0.25, 0.3) is 149 Å². The normalized spacial score (nSPS) is 14.5. The number of thiophene rings is 2. The van der Waals surface area contributed by atoms with Crippen LogP contribution >= 0.6 is 38.6 Å². The van der Waals surface area contributed by atoms with Gasteiger partial charge in [0.05, 0.1) is 44.3 Å². The van der Waals surface area contributed by atoms with Gasteiger partial charge in [-0.3, -0.25) is 0 Å². The lowest BCUT2D eigenvalue weighted by Gasteiger charge is -2.32. The van der Waals surface area contributed by atoms with Gasteiger partial charge >= 0.3 is 7.12 Å². The van der Waals surface area contributed by atoms with Gasteiger partial charge in [0.2, 0.25) is 0 Å². The van der Waals surface area contributed by atoms with Crippen molar-refractivity contribution in [3.05, 3.63) is 235 Å². The quantitative estimate of drug-likeness (QED) is 0.161. The van der Waals surface area contributed by atoms with Crippen molar-refractivity contribution in [2.45, 2.75) is 38.9 Å². The van der Waals surface area contributed by atoms with Crippen LogP contribution < -0.4 is 5.46 Å². The highest BCUT2D eigenvalue weighted by Crippen LogP contribution is 2.47. The van der Waals surface area contributed by atoms with Gasteiger partial charge in [-0.15, -0.1) is 22.7 Å². The first-order valence-electron chi connectivity index (χ1n) is 28.1. The molecule has 0 unspecified atom stereocenters. The van der Waals surface area contributed by atoms with Crippen LogP contribution in [0.3, 0.4) is 0 Å².